The molecule has 4 rings (SSSR count). The van der Waals surface area contributed by atoms with Crippen molar-refractivity contribution in [3.63, 3.8) is 0 Å². The van der Waals surface area contributed by atoms with Gasteiger partial charge in [0.05, 0.1) is 4.90 Å². The molecule has 0 aliphatic carbocycles. The second-order valence-corrected chi connectivity index (χ2v) is 9.09. The molecule has 0 unspecified atom stereocenters. The highest BCUT2D eigenvalue weighted by molar-refractivity contribution is 7.89. The van der Waals surface area contributed by atoms with E-state index in [1.165, 1.54) is 6.92 Å². The minimum Gasteiger partial charge on any atom is -0.359 e. The topological polar surface area (TPSA) is 82.3 Å². The number of nitrogens with zero attached hydrogens (tertiary/aromatic N) is 1. The van der Waals surface area contributed by atoms with Crippen molar-refractivity contribution >= 4 is 26.8 Å². The van der Waals surface area contributed by atoms with Gasteiger partial charge >= 0.3 is 0 Å². The summed E-state index contributed by atoms with van der Waals surface area (Å²) in [7, 11) is -3.64. The van der Waals surface area contributed by atoms with Crippen LogP contribution >= 0.6 is 0 Å². The second-order valence-electron chi connectivity index (χ2n) is 7.32. The first kappa shape index (κ1) is 18.7. The van der Waals surface area contributed by atoms with Crippen molar-refractivity contribution in [3.05, 3.63) is 64.8 Å². The van der Waals surface area contributed by atoms with Crippen LogP contribution in [0.5, 0.6) is 0 Å². The van der Waals surface area contributed by atoms with Crippen molar-refractivity contribution in [2.45, 2.75) is 38.3 Å². The average molecular weight is 398 g/mol. The molecule has 1 aliphatic rings. The number of nitrogens with one attached hydrogen (secondary N) is 2. The van der Waals surface area contributed by atoms with E-state index < -0.39 is 10.0 Å². The highest BCUT2D eigenvalue weighted by atomic mass is 32.2. The number of carbonyl (C=O) groups is 1. The van der Waals surface area contributed by atoms with Crippen LogP contribution in [0.15, 0.2) is 47.4 Å². The quantitative estimate of drug-likeness (QED) is 0.710. The summed E-state index contributed by atoms with van der Waals surface area (Å²) >= 11 is 0. The average Bonchev–Trinajstić information content (AvgIpc) is 3.04. The summed E-state index contributed by atoms with van der Waals surface area (Å²) < 4.78 is 28.2. The Morgan fingerprint density at radius 1 is 1.14 bits per heavy atom. The van der Waals surface area contributed by atoms with Gasteiger partial charge in [-0.25, -0.2) is 13.1 Å². The summed E-state index contributed by atoms with van der Waals surface area (Å²) in [5.74, 6) is 0.00687. The number of amides is 1. The Hall–Kier alpha value is -2.64. The molecular formula is C21H23N3O3S. The highest BCUT2D eigenvalue weighted by Crippen LogP contribution is 2.23. The first-order chi connectivity index (χ1) is 13.3. The van der Waals surface area contributed by atoms with Crippen LogP contribution in [0.1, 0.15) is 29.3 Å². The Morgan fingerprint density at radius 3 is 2.75 bits per heavy atom. The third kappa shape index (κ3) is 3.68. The molecule has 3 aromatic rings. The van der Waals surface area contributed by atoms with Crippen LogP contribution in [0.25, 0.3) is 10.9 Å². The minimum absolute atomic E-state index is 0.00687. The summed E-state index contributed by atoms with van der Waals surface area (Å²) in [6.07, 6.45) is 0.749. The Morgan fingerprint density at radius 2 is 1.96 bits per heavy atom. The number of fused-ring (bicyclic) bond motifs is 2. The van der Waals surface area contributed by atoms with Gasteiger partial charge < -0.3 is 9.88 Å². The highest BCUT2D eigenvalue weighted by Gasteiger charge is 2.21. The summed E-state index contributed by atoms with van der Waals surface area (Å²) in [5, 5.41) is 1.06. The van der Waals surface area contributed by atoms with Gasteiger partial charge in [-0.05, 0) is 65.8 Å². The van der Waals surface area contributed by atoms with Crippen LogP contribution in [-0.2, 0) is 34.3 Å². The summed E-state index contributed by atoms with van der Waals surface area (Å²) in [6, 6.07) is 13.1. The van der Waals surface area contributed by atoms with Gasteiger partial charge in [0, 0.05) is 37.8 Å². The Kier molecular flexibility index (Phi) is 4.72. The van der Waals surface area contributed by atoms with E-state index in [0.29, 0.717) is 13.1 Å². The van der Waals surface area contributed by atoms with Crippen molar-refractivity contribution in [1.29, 1.82) is 0 Å². The number of aromatic nitrogens is 1. The Balaban J connectivity index is 1.53. The zero-order valence-electron chi connectivity index (χ0n) is 16.0. The predicted octanol–water partition coefficient (Wildman–Crippen LogP) is 2.86. The number of aryl methyl sites for hydroxylation is 1. The molecule has 2 heterocycles. The molecule has 2 aromatic carbocycles. The monoisotopic (exact) mass is 397 g/mol. The number of carbonyl (C=O) groups excluding carboxylic acids is 1. The molecule has 0 bridgehead atoms. The third-order valence-corrected chi connectivity index (χ3v) is 6.63. The summed E-state index contributed by atoms with van der Waals surface area (Å²) in [6.45, 7) is 4.88. The van der Waals surface area contributed by atoms with Gasteiger partial charge in [0.25, 0.3) is 0 Å². The number of sulfonamides is 1. The largest absolute Gasteiger partial charge is 0.359 e. The maximum Gasteiger partial charge on any atom is 0.240 e. The predicted molar refractivity (Wildman–Crippen MR) is 108 cm³/mol. The van der Waals surface area contributed by atoms with Crippen molar-refractivity contribution < 1.29 is 13.2 Å². The van der Waals surface area contributed by atoms with Gasteiger partial charge in [-0.15, -0.1) is 0 Å². The van der Waals surface area contributed by atoms with Crippen molar-refractivity contribution in [3.8, 4) is 0 Å². The van der Waals surface area contributed by atoms with Gasteiger partial charge in [-0.2, -0.15) is 0 Å². The first-order valence-corrected chi connectivity index (χ1v) is 10.8. The number of benzene rings is 2. The zero-order chi connectivity index (χ0) is 19.9. The lowest BCUT2D eigenvalue weighted by atomic mass is 10.00. The van der Waals surface area contributed by atoms with Crippen molar-refractivity contribution in [2.24, 2.45) is 0 Å². The maximum atomic E-state index is 12.8. The maximum absolute atomic E-state index is 12.8. The van der Waals surface area contributed by atoms with E-state index in [2.05, 4.69) is 9.71 Å². The fraction of sp³-hybridized carbons (Fsp3) is 0.286. The van der Waals surface area contributed by atoms with Crippen LogP contribution in [0, 0.1) is 6.92 Å². The molecule has 7 heteroatoms. The molecule has 0 radical (unpaired) electrons. The molecule has 28 heavy (non-hydrogen) atoms. The summed E-state index contributed by atoms with van der Waals surface area (Å²) in [4.78, 5) is 16.9. The number of aromatic amines is 1. The van der Waals surface area contributed by atoms with Crippen LogP contribution in [-0.4, -0.2) is 30.8 Å². The molecule has 1 aliphatic heterocycles. The smallest absolute Gasteiger partial charge is 0.240 e. The van der Waals surface area contributed by atoms with E-state index in [-0.39, 0.29) is 17.3 Å². The van der Waals surface area contributed by atoms with E-state index in [9.17, 15) is 13.2 Å². The molecule has 0 fully saturated rings. The minimum atomic E-state index is -3.64. The molecular weight excluding hydrogens is 374 g/mol. The number of rotatable bonds is 4. The van der Waals surface area contributed by atoms with E-state index in [4.69, 9.17) is 0 Å². The molecule has 2 N–H and O–H groups in total. The van der Waals surface area contributed by atoms with Crippen LogP contribution in [0.4, 0.5) is 0 Å². The number of H-pyrrole nitrogens is 1. The third-order valence-electron chi connectivity index (χ3n) is 5.23. The van der Waals surface area contributed by atoms with Crippen LogP contribution in [0.3, 0.4) is 0 Å². The summed E-state index contributed by atoms with van der Waals surface area (Å²) in [5.41, 5.74) is 5.00. The van der Waals surface area contributed by atoms with Gasteiger partial charge in [0.1, 0.15) is 0 Å². The molecule has 1 aromatic heterocycles. The van der Waals surface area contributed by atoms with Gasteiger partial charge in [-0.1, -0.05) is 12.1 Å². The van der Waals surface area contributed by atoms with E-state index in [0.717, 1.165) is 39.7 Å². The standard InChI is InChI=1S/C21H23N3O3S/c1-14-9-18-10-16(3-6-21(18)23-14)12-22-28(26,27)20-5-4-17-7-8-24(15(2)25)13-19(17)11-20/h3-6,9-11,22-23H,7-8,12-13H2,1-2H3. The molecule has 1 amide bonds. The van der Waals surface area contributed by atoms with Gasteiger partial charge in [0.15, 0.2) is 0 Å². The molecule has 0 spiro atoms. The zero-order valence-corrected chi connectivity index (χ0v) is 16.8. The molecule has 6 nitrogen and oxygen atoms in total. The fourth-order valence-electron chi connectivity index (χ4n) is 3.67. The second kappa shape index (κ2) is 7.07. The van der Waals surface area contributed by atoms with Crippen molar-refractivity contribution in [1.82, 2.24) is 14.6 Å². The molecule has 0 saturated heterocycles. The van der Waals surface area contributed by atoms with E-state index >= 15 is 0 Å². The fourth-order valence-corrected chi connectivity index (χ4v) is 4.74. The lowest BCUT2D eigenvalue weighted by Gasteiger charge is -2.28. The normalized spacial score (nSPS) is 14.3. The van der Waals surface area contributed by atoms with Crippen LogP contribution in [0.2, 0.25) is 0 Å². The number of hydrogen-bond acceptors (Lipinski definition) is 3. The Bertz CT molecular complexity index is 1160. The van der Waals surface area contributed by atoms with E-state index in [1.807, 2.05) is 37.3 Å². The van der Waals surface area contributed by atoms with E-state index in [1.54, 1.807) is 17.0 Å². The van der Waals surface area contributed by atoms with Gasteiger partial charge in [-0.3, -0.25) is 4.79 Å². The van der Waals surface area contributed by atoms with Crippen LogP contribution < -0.4 is 4.72 Å². The number of hydrogen-bond donors (Lipinski definition) is 2. The lowest BCUT2D eigenvalue weighted by Crippen LogP contribution is -2.34. The van der Waals surface area contributed by atoms with Gasteiger partial charge in [0.2, 0.25) is 15.9 Å². The lowest BCUT2D eigenvalue weighted by molar-refractivity contribution is -0.129. The SMILES string of the molecule is CC(=O)N1CCc2ccc(S(=O)(=O)NCc3ccc4[nH]c(C)cc4c3)cc2C1. The first-order valence-electron chi connectivity index (χ1n) is 9.27. The molecule has 146 valence electrons. The van der Waals surface area contributed by atoms with Crippen molar-refractivity contribution in [2.75, 3.05) is 6.54 Å². The molecule has 0 atom stereocenters. The Labute approximate surface area is 164 Å². The molecule has 0 saturated carbocycles.